The van der Waals surface area contributed by atoms with Crippen LogP contribution in [-0.2, 0) is 9.53 Å². The Morgan fingerprint density at radius 3 is 2.88 bits per heavy atom. The van der Waals surface area contributed by atoms with Crippen molar-refractivity contribution in [2.45, 2.75) is 44.6 Å². The Balaban J connectivity index is 2.22. The van der Waals surface area contributed by atoms with Gasteiger partial charge in [0.25, 0.3) is 0 Å². The molecule has 0 radical (unpaired) electrons. The zero-order valence-corrected chi connectivity index (χ0v) is 10.5. The normalized spacial score (nSPS) is 24.6. The number of hydrogen-bond acceptors (Lipinski definition) is 3. The Labute approximate surface area is 98.1 Å². The quantitative estimate of drug-likeness (QED) is 0.641. The van der Waals surface area contributed by atoms with Crippen LogP contribution in [0.3, 0.4) is 0 Å². The average Bonchev–Trinajstić information content (AvgIpc) is 2.78. The first kappa shape index (κ1) is 13.5. The number of unbranched alkanes of at least 4 members (excludes halogenated alkanes) is 1. The minimum absolute atomic E-state index is 0.171. The number of carbonyl (C=O) groups excluding carboxylic acids is 1. The van der Waals surface area contributed by atoms with E-state index in [1.54, 1.807) is 7.11 Å². The molecule has 0 saturated carbocycles. The van der Waals surface area contributed by atoms with Gasteiger partial charge in [0.2, 0.25) is 5.91 Å². The molecular formula is C12H24N2O2. The van der Waals surface area contributed by atoms with Gasteiger partial charge in [-0.05, 0) is 38.6 Å². The summed E-state index contributed by atoms with van der Waals surface area (Å²) in [4.78, 5) is 12.0. The van der Waals surface area contributed by atoms with Crippen molar-refractivity contribution in [3.63, 3.8) is 0 Å². The zero-order valence-electron chi connectivity index (χ0n) is 10.5. The van der Waals surface area contributed by atoms with Crippen molar-refractivity contribution in [3.8, 4) is 0 Å². The van der Waals surface area contributed by atoms with Crippen LogP contribution in [0.1, 0.15) is 39.0 Å². The van der Waals surface area contributed by atoms with Gasteiger partial charge in [-0.15, -0.1) is 0 Å². The third kappa shape index (κ3) is 3.46. The van der Waals surface area contributed by atoms with Gasteiger partial charge in [0, 0.05) is 20.3 Å². The molecule has 16 heavy (non-hydrogen) atoms. The van der Waals surface area contributed by atoms with Gasteiger partial charge in [-0.2, -0.15) is 0 Å². The molecular weight excluding hydrogens is 204 g/mol. The maximum absolute atomic E-state index is 12.0. The molecule has 1 aliphatic rings. The maximum Gasteiger partial charge on any atom is 0.240 e. The second kappa shape index (κ2) is 6.86. The lowest BCUT2D eigenvalue weighted by Crippen LogP contribution is -2.53. The lowest BCUT2D eigenvalue weighted by Gasteiger charge is -2.26. The van der Waals surface area contributed by atoms with Crippen LogP contribution in [0.5, 0.6) is 0 Å². The monoisotopic (exact) mass is 228 g/mol. The van der Waals surface area contributed by atoms with Crippen LogP contribution in [0.15, 0.2) is 0 Å². The number of methoxy groups -OCH3 is 1. The van der Waals surface area contributed by atoms with Gasteiger partial charge in [-0.3, -0.25) is 4.79 Å². The highest BCUT2D eigenvalue weighted by Gasteiger charge is 2.38. The number of hydrogen-bond donors (Lipinski definition) is 2. The van der Waals surface area contributed by atoms with Crippen molar-refractivity contribution in [1.82, 2.24) is 10.6 Å². The summed E-state index contributed by atoms with van der Waals surface area (Å²) in [7, 11) is 1.70. The smallest absolute Gasteiger partial charge is 0.240 e. The highest BCUT2D eigenvalue weighted by molar-refractivity contribution is 5.86. The summed E-state index contributed by atoms with van der Waals surface area (Å²) in [6, 6.07) is 0. The van der Waals surface area contributed by atoms with Crippen LogP contribution in [0.2, 0.25) is 0 Å². The van der Waals surface area contributed by atoms with E-state index in [1.165, 1.54) is 0 Å². The van der Waals surface area contributed by atoms with Gasteiger partial charge >= 0.3 is 0 Å². The summed E-state index contributed by atoms with van der Waals surface area (Å²) in [5, 5.41) is 6.35. The van der Waals surface area contributed by atoms with Crippen LogP contribution in [0.25, 0.3) is 0 Å². The van der Waals surface area contributed by atoms with Gasteiger partial charge in [0.1, 0.15) is 0 Å². The Hall–Kier alpha value is -0.610. The molecule has 1 amide bonds. The first-order chi connectivity index (χ1) is 7.75. The molecule has 2 N–H and O–H groups in total. The summed E-state index contributed by atoms with van der Waals surface area (Å²) in [6.45, 7) is 4.56. The number of rotatable bonds is 7. The highest BCUT2D eigenvalue weighted by Crippen LogP contribution is 2.22. The predicted molar refractivity (Wildman–Crippen MR) is 64.4 cm³/mol. The Morgan fingerprint density at radius 2 is 2.31 bits per heavy atom. The SMILES string of the molecule is CCC1(C(=O)NCCCCOC)CCCN1. The molecule has 0 bridgehead atoms. The molecule has 4 heteroatoms. The summed E-state index contributed by atoms with van der Waals surface area (Å²) in [5.41, 5.74) is -0.290. The lowest BCUT2D eigenvalue weighted by atomic mass is 9.93. The molecule has 1 heterocycles. The standard InChI is InChI=1S/C12H24N2O2/c1-3-12(7-6-9-14-12)11(15)13-8-4-5-10-16-2/h14H,3-10H2,1-2H3,(H,13,15). The molecule has 1 fully saturated rings. The molecule has 0 aliphatic carbocycles. The summed E-state index contributed by atoms with van der Waals surface area (Å²) in [6.07, 6.45) is 4.93. The molecule has 1 unspecified atom stereocenters. The lowest BCUT2D eigenvalue weighted by molar-refractivity contribution is -0.127. The first-order valence-corrected chi connectivity index (χ1v) is 6.27. The number of ether oxygens (including phenoxy) is 1. The topological polar surface area (TPSA) is 50.4 Å². The third-order valence-corrected chi connectivity index (χ3v) is 3.34. The largest absolute Gasteiger partial charge is 0.385 e. The van der Waals surface area contributed by atoms with Gasteiger partial charge < -0.3 is 15.4 Å². The summed E-state index contributed by atoms with van der Waals surface area (Å²) >= 11 is 0. The molecule has 94 valence electrons. The van der Waals surface area contributed by atoms with Crippen molar-refractivity contribution in [2.75, 3.05) is 26.8 Å². The molecule has 0 aromatic rings. The van der Waals surface area contributed by atoms with E-state index in [-0.39, 0.29) is 11.4 Å². The second-order valence-corrected chi connectivity index (χ2v) is 4.42. The Kier molecular flexibility index (Phi) is 5.77. The van der Waals surface area contributed by atoms with Crippen LogP contribution in [-0.4, -0.2) is 38.3 Å². The molecule has 1 saturated heterocycles. The van der Waals surface area contributed by atoms with Gasteiger partial charge in [0.05, 0.1) is 5.54 Å². The van der Waals surface area contributed by atoms with E-state index in [1.807, 2.05) is 0 Å². The van der Waals surface area contributed by atoms with Crippen molar-refractivity contribution in [3.05, 3.63) is 0 Å². The molecule has 0 aromatic carbocycles. The minimum atomic E-state index is -0.290. The minimum Gasteiger partial charge on any atom is -0.385 e. The zero-order chi connectivity index (χ0) is 11.9. The van der Waals surface area contributed by atoms with E-state index in [0.717, 1.165) is 51.8 Å². The predicted octanol–water partition coefficient (Wildman–Crippen LogP) is 1.06. The van der Waals surface area contributed by atoms with E-state index >= 15 is 0 Å². The Bertz CT molecular complexity index is 213. The van der Waals surface area contributed by atoms with Crippen LogP contribution in [0, 0.1) is 0 Å². The van der Waals surface area contributed by atoms with E-state index < -0.39 is 0 Å². The fourth-order valence-corrected chi connectivity index (χ4v) is 2.20. The molecule has 0 aromatic heterocycles. The van der Waals surface area contributed by atoms with Crippen molar-refractivity contribution >= 4 is 5.91 Å². The van der Waals surface area contributed by atoms with E-state index in [2.05, 4.69) is 17.6 Å². The van der Waals surface area contributed by atoms with E-state index in [9.17, 15) is 4.79 Å². The maximum atomic E-state index is 12.0. The molecule has 0 spiro atoms. The molecule has 4 nitrogen and oxygen atoms in total. The number of carbonyl (C=O) groups is 1. The molecule has 1 rings (SSSR count). The second-order valence-electron chi connectivity index (χ2n) is 4.42. The fourth-order valence-electron chi connectivity index (χ4n) is 2.20. The number of nitrogens with one attached hydrogen (secondary N) is 2. The van der Waals surface area contributed by atoms with Crippen molar-refractivity contribution < 1.29 is 9.53 Å². The summed E-state index contributed by atoms with van der Waals surface area (Å²) in [5.74, 6) is 0.171. The van der Waals surface area contributed by atoms with Crippen molar-refractivity contribution in [2.24, 2.45) is 0 Å². The van der Waals surface area contributed by atoms with Gasteiger partial charge in [-0.25, -0.2) is 0 Å². The van der Waals surface area contributed by atoms with Crippen LogP contribution < -0.4 is 10.6 Å². The first-order valence-electron chi connectivity index (χ1n) is 6.27. The van der Waals surface area contributed by atoms with Gasteiger partial charge in [0.15, 0.2) is 0 Å². The van der Waals surface area contributed by atoms with Crippen molar-refractivity contribution in [1.29, 1.82) is 0 Å². The fraction of sp³-hybridized carbons (Fsp3) is 0.917. The number of amides is 1. The Morgan fingerprint density at radius 1 is 1.50 bits per heavy atom. The molecule has 1 aliphatic heterocycles. The molecule has 1 atom stereocenters. The summed E-state index contributed by atoms with van der Waals surface area (Å²) < 4.78 is 4.96. The van der Waals surface area contributed by atoms with Gasteiger partial charge in [-0.1, -0.05) is 6.92 Å². The van der Waals surface area contributed by atoms with Crippen LogP contribution in [0.4, 0.5) is 0 Å². The third-order valence-electron chi connectivity index (χ3n) is 3.34. The highest BCUT2D eigenvalue weighted by atomic mass is 16.5. The van der Waals surface area contributed by atoms with Crippen LogP contribution >= 0.6 is 0 Å². The van der Waals surface area contributed by atoms with E-state index in [0.29, 0.717) is 0 Å². The average molecular weight is 228 g/mol. The van der Waals surface area contributed by atoms with E-state index in [4.69, 9.17) is 4.74 Å².